The van der Waals surface area contributed by atoms with Crippen LogP contribution in [0.1, 0.15) is 82.2 Å². The Morgan fingerprint density at radius 3 is 2.21 bits per heavy atom. The summed E-state index contributed by atoms with van der Waals surface area (Å²) in [4.78, 5) is 31.7. The number of aromatic amines is 1. The van der Waals surface area contributed by atoms with Gasteiger partial charge in [-0.25, -0.2) is 4.79 Å². The molecule has 1 aromatic rings. The van der Waals surface area contributed by atoms with Crippen molar-refractivity contribution < 1.29 is 19.1 Å². The molecule has 28 heavy (non-hydrogen) atoms. The standard InChI is InChI=1S/C22H32N2O4/c1-12-13(2)19(20(26)28-21(5,6)7)24-18(12)14(3)16-10-22(8,9)17(23-16)11-27-15(4)25/h24H,10-11H2,1-9H3/b16-14-. The molecule has 1 N–H and O–H groups in total. The fourth-order valence-corrected chi connectivity index (χ4v) is 3.23. The van der Waals surface area contributed by atoms with E-state index in [4.69, 9.17) is 14.5 Å². The molecule has 0 aromatic carbocycles. The molecule has 0 spiro atoms. The van der Waals surface area contributed by atoms with Crippen molar-refractivity contribution in [2.45, 2.75) is 74.3 Å². The maximum absolute atomic E-state index is 12.5. The second-order valence-corrected chi connectivity index (χ2v) is 9.10. The van der Waals surface area contributed by atoms with Crippen molar-refractivity contribution in [1.29, 1.82) is 0 Å². The number of H-pyrrole nitrogens is 1. The van der Waals surface area contributed by atoms with E-state index in [2.05, 4.69) is 18.8 Å². The summed E-state index contributed by atoms with van der Waals surface area (Å²) in [6.45, 7) is 17.2. The van der Waals surface area contributed by atoms with Crippen LogP contribution in [0.25, 0.3) is 5.57 Å². The van der Waals surface area contributed by atoms with Gasteiger partial charge in [-0.05, 0) is 58.2 Å². The highest BCUT2D eigenvalue weighted by Crippen LogP contribution is 2.39. The van der Waals surface area contributed by atoms with Gasteiger partial charge in [0.1, 0.15) is 17.9 Å². The molecule has 0 amide bonds. The predicted molar refractivity (Wildman–Crippen MR) is 110 cm³/mol. The Balaban J connectivity index is 2.41. The number of rotatable bonds is 4. The predicted octanol–water partition coefficient (Wildman–Crippen LogP) is 4.75. The lowest BCUT2D eigenvalue weighted by Crippen LogP contribution is -2.25. The first kappa shape index (κ1) is 21.9. The third-order valence-electron chi connectivity index (χ3n) is 5.05. The normalized spacial score (nSPS) is 18.0. The van der Waals surface area contributed by atoms with Gasteiger partial charge in [0.05, 0.1) is 5.71 Å². The molecule has 0 saturated heterocycles. The van der Waals surface area contributed by atoms with Gasteiger partial charge in [0.25, 0.3) is 0 Å². The maximum atomic E-state index is 12.5. The molecule has 0 unspecified atom stereocenters. The highest BCUT2D eigenvalue weighted by Gasteiger charge is 2.34. The Morgan fingerprint density at radius 2 is 1.68 bits per heavy atom. The molecule has 0 saturated carbocycles. The minimum atomic E-state index is -0.554. The van der Waals surface area contributed by atoms with Crippen LogP contribution in [0.3, 0.4) is 0 Å². The molecule has 0 aliphatic carbocycles. The van der Waals surface area contributed by atoms with Crippen LogP contribution in [-0.2, 0) is 14.3 Å². The number of nitrogens with zero attached hydrogens (tertiary/aromatic N) is 1. The van der Waals surface area contributed by atoms with Gasteiger partial charge in [-0.15, -0.1) is 0 Å². The molecule has 0 fully saturated rings. The van der Waals surface area contributed by atoms with Gasteiger partial charge in [0.2, 0.25) is 0 Å². The van der Waals surface area contributed by atoms with Crippen LogP contribution < -0.4 is 0 Å². The number of allylic oxidation sites excluding steroid dienone is 2. The Bertz CT molecular complexity index is 864. The number of hydrogen-bond acceptors (Lipinski definition) is 5. The third kappa shape index (κ3) is 4.72. The van der Waals surface area contributed by atoms with Crippen LogP contribution in [0.15, 0.2) is 10.7 Å². The van der Waals surface area contributed by atoms with Gasteiger partial charge < -0.3 is 14.5 Å². The number of carbonyl (C=O) groups is 2. The van der Waals surface area contributed by atoms with E-state index in [0.29, 0.717) is 5.69 Å². The number of esters is 2. The quantitative estimate of drug-likeness (QED) is 0.755. The molecule has 1 aliphatic rings. The first-order valence-corrected chi connectivity index (χ1v) is 9.57. The molecular formula is C22H32N2O4. The minimum Gasteiger partial charge on any atom is -0.460 e. The van der Waals surface area contributed by atoms with E-state index >= 15 is 0 Å². The average Bonchev–Trinajstić information content (AvgIpc) is 3.00. The monoisotopic (exact) mass is 388 g/mol. The van der Waals surface area contributed by atoms with E-state index in [-0.39, 0.29) is 24.0 Å². The highest BCUT2D eigenvalue weighted by atomic mass is 16.6. The second-order valence-electron chi connectivity index (χ2n) is 9.10. The fourth-order valence-electron chi connectivity index (χ4n) is 3.23. The van der Waals surface area contributed by atoms with Crippen LogP contribution in [-0.4, -0.2) is 34.8 Å². The molecule has 2 rings (SSSR count). The van der Waals surface area contributed by atoms with Gasteiger partial charge in [0, 0.05) is 30.2 Å². The Kier molecular flexibility index (Phi) is 5.93. The third-order valence-corrected chi connectivity index (χ3v) is 5.05. The summed E-state index contributed by atoms with van der Waals surface area (Å²) in [5.41, 5.74) is 5.29. The lowest BCUT2D eigenvalue weighted by atomic mass is 9.85. The second kappa shape index (κ2) is 7.57. The van der Waals surface area contributed by atoms with Crippen molar-refractivity contribution in [2.75, 3.05) is 6.61 Å². The van der Waals surface area contributed by atoms with Gasteiger partial charge in [-0.1, -0.05) is 13.8 Å². The maximum Gasteiger partial charge on any atom is 0.355 e. The van der Waals surface area contributed by atoms with E-state index in [1.54, 1.807) is 0 Å². The number of nitrogens with one attached hydrogen (secondary N) is 1. The molecule has 1 aromatic heterocycles. The van der Waals surface area contributed by atoms with Crippen LogP contribution >= 0.6 is 0 Å². The van der Waals surface area contributed by atoms with E-state index in [1.165, 1.54) is 6.92 Å². The Morgan fingerprint density at radius 1 is 1.11 bits per heavy atom. The molecule has 2 heterocycles. The summed E-state index contributed by atoms with van der Waals surface area (Å²) in [6.07, 6.45) is 0.745. The van der Waals surface area contributed by atoms with Crippen LogP contribution in [0, 0.1) is 19.3 Å². The van der Waals surface area contributed by atoms with Crippen LogP contribution in [0.2, 0.25) is 0 Å². The molecule has 6 heteroatoms. The van der Waals surface area contributed by atoms with Gasteiger partial charge in [-0.3, -0.25) is 9.79 Å². The SMILES string of the molecule is CC(=O)OCC1=N/C(=C(/C)c2[nH]c(C(=O)OC(C)(C)C)c(C)c2C)CC1(C)C. The number of aromatic nitrogens is 1. The van der Waals surface area contributed by atoms with Gasteiger partial charge >= 0.3 is 11.9 Å². The summed E-state index contributed by atoms with van der Waals surface area (Å²) < 4.78 is 10.7. The van der Waals surface area contributed by atoms with Crippen molar-refractivity contribution in [3.8, 4) is 0 Å². The highest BCUT2D eigenvalue weighted by molar-refractivity contribution is 5.96. The summed E-state index contributed by atoms with van der Waals surface area (Å²) >= 11 is 0. The number of ether oxygens (including phenoxy) is 2. The smallest absolute Gasteiger partial charge is 0.355 e. The molecule has 0 bridgehead atoms. The molecule has 0 radical (unpaired) electrons. The van der Waals surface area contributed by atoms with Gasteiger partial charge in [0.15, 0.2) is 0 Å². The van der Waals surface area contributed by atoms with E-state index in [9.17, 15) is 9.59 Å². The molecule has 0 atom stereocenters. The zero-order chi connectivity index (χ0) is 21.4. The number of aliphatic imine (C=N–C) groups is 1. The van der Waals surface area contributed by atoms with Crippen molar-refractivity contribution in [3.05, 3.63) is 28.2 Å². The topological polar surface area (TPSA) is 80.8 Å². The molecule has 154 valence electrons. The molecule has 1 aliphatic heterocycles. The lowest BCUT2D eigenvalue weighted by molar-refractivity contribution is -0.139. The minimum absolute atomic E-state index is 0.185. The summed E-state index contributed by atoms with van der Waals surface area (Å²) in [7, 11) is 0. The van der Waals surface area contributed by atoms with Crippen molar-refractivity contribution in [3.63, 3.8) is 0 Å². The van der Waals surface area contributed by atoms with Crippen LogP contribution in [0.5, 0.6) is 0 Å². The zero-order valence-corrected chi connectivity index (χ0v) is 18.5. The van der Waals surface area contributed by atoms with Crippen LogP contribution in [0.4, 0.5) is 0 Å². The average molecular weight is 389 g/mol. The van der Waals surface area contributed by atoms with Gasteiger partial charge in [-0.2, -0.15) is 0 Å². The Hall–Kier alpha value is -2.37. The summed E-state index contributed by atoms with van der Waals surface area (Å²) in [5, 5.41) is 0. The van der Waals surface area contributed by atoms with E-state index in [0.717, 1.165) is 40.2 Å². The number of hydrogen-bond donors (Lipinski definition) is 1. The first-order valence-electron chi connectivity index (χ1n) is 9.57. The van der Waals surface area contributed by atoms with Crippen molar-refractivity contribution in [1.82, 2.24) is 4.98 Å². The first-order chi connectivity index (χ1) is 12.7. The summed E-state index contributed by atoms with van der Waals surface area (Å²) in [5.74, 6) is -0.673. The summed E-state index contributed by atoms with van der Waals surface area (Å²) in [6, 6.07) is 0. The number of carbonyl (C=O) groups excluding carboxylic acids is 2. The molecular weight excluding hydrogens is 356 g/mol. The zero-order valence-electron chi connectivity index (χ0n) is 18.5. The van der Waals surface area contributed by atoms with E-state index < -0.39 is 5.60 Å². The lowest BCUT2D eigenvalue weighted by Gasteiger charge is -2.19. The largest absolute Gasteiger partial charge is 0.460 e. The van der Waals surface area contributed by atoms with Crippen molar-refractivity contribution >= 4 is 23.2 Å². The Labute approximate surface area is 167 Å². The van der Waals surface area contributed by atoms with E-state index in [1.807, 2.05) is 41.5 Å². The van der Waals surface area contributed by atoms with Crippen molar-refractivity contribution in [2.24, 2.45) is 10.4 Å². The fraction of sp³-hybridized carbons (Fsp3) is 0.591. The molecule has 6 nitrogen and oxygen atoms in total.